The van der Waals surface area contributed by atoms with Crippen molar-refractivity contribution in [1.82, 2.24) is 9.38 Å². The van der Waals surface area contributed by atoms with E-state index in [4.69, 9.17) is 14.3 Å². The minimum Gasteiger partial charge on any atom is -0.485 e. The Morgan fingerprint density at radius 1 is 1.00 bits per heavy atom. The molecule has 2 heterocycles. The van der Waals surface area contributed by atoms with Gasteiger partial charge in [-0.15, -0.1) is 0 Å². The van der Waals surface area contributed by atoms with Crippen LogP contribution in [0.2, 0.25) is 0 Å². The Bertz CT molecular complexity index is 1350. The minimum absolute atomic E-state index is 0.0406. The van der Waals surface area contributed by atoms with Gasteiger partial charge in [0, 0.05) is 12.6 Å². The summed E-state index contributed by atoms with van der Waals surface area (Å²) in [5, 5.41) is 0. The molecule has 6 nitrogen and oxygen atoms in total. The fraction of sp³-hybridized carbons (Fsp3) is 0.222. The number of imidazole rings is 1. The summed E-state index contributed by atoms with van der Waals surface area (Å²) in [6, 6.07) is 17.0. The first kappa shape index (κ1) is 25.5. The van der Waals surface area contributed by atoms with Crippen LogP contribution in [0.5, 0.6) is 5.75 Å². The van der Waals surface area contributed by atoms with Crippen molar-refractivity contribution in [3.8, 4) is 5.75 Å². The van der Waals surface area contributed by atoms with Crippen molar-refractivity contribution in [3.63, 3.8) is 0 Å². The van der Waals surface area contributed by atoms with Gasteiger partial charge in [0.1, 0.15) is 23.9 Å². The van der Waals surface area contributed by atoms with Crippen molar-refractivity contribution in [1.29, 1.82) is 0 Å². The van der Waals surface area contributed by atoms with E-state index in [1.54, 1.807) is 29.7 Å². The molecule has 4 aromatic rings. The van der Waals surface area contributed by atoms with E-state index < -0.39 is 11.6 Å². The van der Waals surface area contributed by atoms with Gasteiger partial charge in [0.05, 0.1) is 11.3 Å². The molecule has 0 fully saturated rings. The summed E-state index contributed by atoms with van der Waals surface area (Å²) >= 11 is 0. The minimum atomic E-state index is -0.671. The molecule has 0 unspecified atom stereocenters. The third-order valence-corrected chi connectivity index (χ3v) is 5.64. The van der Waals surface area contributed by atoms with Crippen LogP contribution in [-0.2, 0) is 21.6 Å². The van der Waals surface area contributed by atoms with Crippen LogP contribution in [0.15, 0.2) is 66.9 Å². The van der Waals surface area contributed by atoms with Gasteiger partial charge in [0.2, 0.25) is 0 Å². The molecule has 0 saturated carbocycles. The molecule has 8 heteroatoms. The molecule has 0 bridgehead atoms. The van der Waals surface area contributed by atoms with E-state index in [1.807, 2.05) is 44.2 Å². The van der Waals surface area contributed by atoms with E-state index >= 15 is 0 Å². The maximum absolute atomic E-state index is 14.0. The maximum atomic E-state index is 14.0. The second kappa shape index (κ2) is 10.8. The standard InChI is InChI=1S/C26H24F2N2O2.CO2/c1-17-24(22(31)15-26(2,3)18-9-5-4-6-10-18)30-14-8-13-23(25(30)29-17)32-16-19-20(27)11-7-12-21(19)28;2-1-3/h4-14H,15-16H2,1-3H3;. The maximum Gasteiger partial charge on any atom is 0.373 e. The zero-order valence-electron chi connectivity index (χ0n) is 19.5. The summed E-state index contributed by atoms with van der Waals surface area (Å²) in [6.45, 7) is 5.57. The number of ketones is 1. The number of aryl methyl sites for hydroxylation is 1. The molecule has 0 amide bonds. The molecular weight excluding hydrogens is 454 g/mol. The Hall–Kier alpha value is -4.16. The van der Waals surface area contributed by atoms with Crippen LogP contribution in [0.1, 0.15) is 47.6 Å². The second-order valence-corrected chi connectivity index (χ2v) is 8.53. The Morgan fingerprint density at radius 3 is 2.26 bits per heavy atom. The highest BCUT2D eigenvalue weighted by molar-refractivity contribution is 5.97. The lowest BCUT2D eigenvalue weighted by Gasteiger charge is -2.24. The third kappa shape index (κ3) is 5.67. The van der Waals surface area contributed by atoms with Crippen molar-refractivity contribution >= 4 is 17.6 Å². The van der Waals surface area contributed by atoms with Gasteiger partial charge < -0.3 is 4.74 Å². The topological polar surface area (TPSA) is 77.7 Å². The first-order chi connectivity index (χ1) is 16.7. The molecule has 0 aliphatic rings. The van der Waals surface area contributed by atoms with Gasteiger partial charge in [-0.25, -0.2) is 13.8 Å². The Morgan fingerprint density at radius 2 is 1.63 bits per heavy atom. The third-order valence-electron chi connectivity index (χ3n) is 5.64. The van der Waals surface area contributed by atoms with Crippen molar-refractivity contribution < 1.29 is 27.9 Å². The summed E-state index contributed by atoms with van der Waals surface area (Å²) in [4.78, 5) is 34.1. The van der Waals surface area contributed by atoms with Crippen LogP contribution in [0, 0.1) is 18.6 Å². The smallest absolute Gasteiger partial charge is 0.373 e. The van der Waals surface area contributed by atoms with E-state index in [-0.39, 0.29) is 29.5 Å². The van der Waals surface area contributed by atoms with Gasteiger partial charge in [0.25, 0.3) is 0 Å². The van der Waals surface area contributed by atoms with Gasteiger partial charge >= 0.3 is 6.15 Å². The number of fused-ring (bicyclic) bond motifs is 1. The first-order valence-corrected chi connectivity index (χ1v) is 10.8. The predicted octanol–water partition coefficient (Wildman–Crippen LogP) is 5.47. The van der Waals surface area contributed by atoms with E-state index in [0.717, 1.165) is 5.56 Å². The van der Waals surface area contributed by atoms with E-state index in [9.17, 15) is 13.6 Å². The average Bonchev–Trinajstić information content (AvgIpc) is 3.16. The fourth-order valence-corrected chi connectivity index (χ4v) is 3.90. The van der Waals surface area contributed by atoms with Crippen LogP contribution >= 0.6 is 0 Å². The highest BCUT2D eigenvalue weighted by atomic mass is 19.1. The highest BCUT2D eigenvalue weighted by Crippen LogP contribution is 2.30. The zero-order chi connectivity index (χ0) is 25.6. The number of carbonyl (C=O) groups is 1. The predicted molar refractivity (Wildman–Crippen MR) is 124 cm³/mol. The number of hydrogen-bond acceptors (Lipinski definition) is 5. The molecule has 0 atom stereocenters. The quantitative estimate of drug-likeness (QED) is 0.329. The fourth-order valence-electron chi connectivity index (χ4n) is 3.90. The Balaban J connectivity index is 0.00000108. The number of Topliss-reactive ketones (excluding diaryl/α,β-unsaturated/α-hetero) is 1. The average molecular weight is 478 g/mol. The van der Waals surface area contributed by atoms with Crippen LogP contribution in [0.3, 0.4) is 0 Å². The first-order valence-electron chi connectivity index (χ1n) is 10.8. The SMILES string of the molecule is Cc1nc2c(OCc3c(F)cccc3F)cccn2c1C(=O)CC(C)(C)c1ccccc1.O=C=O. The molecule has 0 spiro atoms. The molecular formula is C27H24F2N2O4. The lowest BCUT2D eigenvalue weighted by molar-refractivity contribution is -0.191. The highest BCUT2D eigenvalue weighted by Gasteiger charge is 2.28. The number of pyridine rings is 1. The number of halogens is 2. The van der Waals surface area contributed by atoms with E-state index in [1.165, 1.54) is 18.2 Å². The van der Waals surface area contributed by atoms with Crippen LogP contribution < -0.4 is 4.74 Å². The zero-order valence-corrected chi connectivity index (χ0v) is 19.5. The summed E-state index contributed by atoms with van der Waals surface area (Å²) in [5.41, 5.74) is 2.06. The van der Waals surface area contributed by atoms with Crippen molar-refractivity contribution in [2.24, 2.45) is 0 Å². The Labute approximate surface area is 201 Å². The number of nitrogens with zero attached hydrogens (tertiary/aromatic N) is 2. The molecule has 0 saturated heterocycles. The summed E-state index contributed by atoms with van der Waals surface area (Å²) in [7, 11) is 0. The van der Waals surface area contributed by atoms with Gasteiger partial charge in [0.15, 0.2) is 17.2 Å². The largest absolute Gasteiger partial charge is 0.485 e. The molecule has 0 aliphatic carbocycles. The molecule has 2 aromatic heterocycles. The molecule has 4 rings (SSSR count). The van der Waals surface area contributed by atoms with Crippen LogP contribution in [0.25, 0.3) is 5.65 Å². The molecule has 0 radical (unpaired) electrons. The van der Waals surface area contributed by atoms with Gasteiger partial charge in [-0.1, -0.05) is 50.2 Å². The van der Waals surface area contributed by atoms with Crippen molar-refractivity contribution in [2.75, 3.05) is 0 Å². The molecule has 180 valence electrons. The molecule has 35 heavy (non-hydrogen) atoms. The summed E-state index contributed by atoms with van der Waals surface area (Å²) < 4.78 is 35.3. The number of ether oxygens (including phenoxy) is 1. The number of rotatable bonds is 7. The molecule has 0 N–H and O–H groups in total. The number of carbonyl (C=O) groups excluding carboxylic acids is 3. The van der Waals surface area contributed by atoms with Crippen molar-refractivity contribution in [2.45, 2.75) is 39.2 Å². The van der Waals surface area contributed by atoms with Crippen LogP contribution in [0.4, 0.5) is 8.78 Å². The molecule has 0 aliphatic heterocycles. The van der Waals surface area contributed by atoms with E-state index in [0.29, 0.717) is 29.2 Å². The van der Waals surface area contributed by atoms with E-state index in [2.05, 4.69) is 4.98 Å². The van der Waals surface area contributed by atoms with Gasteiger partial charge in [-0.05, 0) is 42.2 Å². The second-order valence-electron chi connectivity index (χ2n) is 8.53. The summed E-state index contributed by atoms with van der Waals surface area (Å²) in [5.74, 6) is -1.04. The van der Waals surface area contributed by atoms with Gasteiger partial charge in [-0.3, -0.25) is 9.20 Å². The van der Waals surface area contributed by atoms with Gasteiger partial charge in [-0.2, -0.15) is 9.59 Å². The number of aromatic nitrogens is 2. The normalized spacial score (nSPS) is 10.9. The molecule has 2 aromatic carbocycles. The summed E-state index contributed by atoms with van der Waals surface area (Å²) in [6.07, 6.45) is 2.30. The lowest BCUT2D eigenvalue weighted by Crippen LogP contribution is -2.23. The number of benzene rings is 2. The van der Waals surface area contributed by atoms with Crippen molar-refractivity contribution in [3.05, 3.63) is 101 Å². The monoisotopic (exact) mass is 478 g/mol. The Kier molecular flexibility index (Phi) is 7.89. The van der Waals surface area contributed by atoms with Crippen LogP contribution in [-0.4, -0.2) is 21.3 Å². The lowest BCUT2D eigenvalue weighted by atomic mass is 9.79. The number of hydrogen-bond donors (Lipinski definition) is 0.